The molecule has 2 heterocycles. The number of nitrogens with one attached hydrogen (secondary N) is 1. The second-order valence-corrected chi connectivity index (χ2v) is 8.18. The van der Waals surface area contributed by atoms with Gasteiger partial charge in [0.15, 0.2) is 5.82 Å². The Morgan fingerprint density at radius 3 is 2.63 bits per heavy atom. The van der Waals surface area contributed by atoms with Crippen LogP contribution in [0.1, 0.15) is 47.8 Å². The zero-order valence-corrected chi connectivity index (χ0v) is 17.6. The number of alkyl halides is 2. The summed E-state index contributed by atoms with van der Waals surface area (Å²) in [5.74, 6) is 0.190. The van der Waals surface area contributed by atoms with E-state index in [4.69, 9.17) is 23.2 Å². The Labute approximate surface area is 181 Å². The van der Waals surface area contributed by atoms with E-state index in [0.29, 0.717) is 28.1 Å². The van der Waals surface area contributed by atoms with Gasteiger partial charge in [-0.1, -0.05) is 29.3 Å². The second-order valence-electron chi connectivity index (χ2n) is 7.34. The summed E-state index contributed by atoms with van der Waals surface area (Å²) in [4.78, 5) is 12.5. The summed E-state index contributed by atoms with van der Waals surface area (Å²) in [7, 11) is 0. The van der Waals surface area contributed by atoms with Crippen molar-refractivity contribution >= 4 is 34.9 Å². The highest BCUT2D eigenvalue weighted by atomic mass is 35.5. The van der Waals surface area contributed by atoms with E-state index in [-0.39, 0.29) is 24.1 Å². The van der Waals surface area contributed by atoms with Crippen molar-refractivity contribution < 1.29 is 13.6 Å². The maximum Gasteiger partial charge on any atom is 0.282 e. The molecule has 1 N–H and O–H groups in total. The summed E-state index contributed by atoms with van der Waals surface area (Å²) in [5.41, 5.74) is 2.05. The summed E-state index contributed by atoms with van der Waals surface area (Å²) in [5, 5.41) is 12.1. The molecule has 1 aliphatic carbocycles. The molecular weight excluding hydrogens is 435 g/mol. The molecule has 0 unspecified atom stereocenters. The normalized spacial score (nSPS) is 13.8. The monoisotopic (exact) mass is 453 g/mol. The zero-order chi connectivity index (χ0) is 21.4. The summed E-state index contributed by atoms with van der Waals surface area (Å²) >= 11 is 12.2. The van der Waals surface area contributed by atoms with Crippen LogP contribution in [0.2, 0.25) is 10.0 Å². The van der Waals surface area contributed by atoms with Crippen molar-refractivity contribution in [2.24, 2.45) is 0 Å². The number of anilines is 1. The van der Waals surface area contributed by atoms with Gasteiger partial charge >= 0.3 is 0 Å². The molecule has 0 saturated heterocycles. The highest BCUT2D eigenvalue weighted by molar-refractivity contribution is 6.35. The van der Waals surface area contributed by atoms with Crippen molar-refractivity contribution in [3.8, 4) is 0 Å². The van der Waals surface area contributed by atoms with E-state index in [1.165, 1.54) is 10.7 Å². The summed E-state index contributed by atoms with van der Waals surface area (Å²) in [6.07, 6.45) is -0.815. The third kappa shape index (κ3) is 4.65. The van der Waals surface area contributed by atoms with Gasteiger partial charge in [-0.2, -0.15) is 10.2 Å². The maximum absolute atomic E-state index is 13.0. The van der Waals surface area contributed by atoms with Crippen LogP contribution in [0, 0.1) is 6.92 Å². The van der Waals surface area contributed by atoms with Gasteiger partial charge in [0.1, 0.15) is 12.2 Å². The van der Waals surface area contributed by atoms with E-state index in [2.05, 4.69) is 15.5 Å². The van der Waals surface area contributed by atoms with E-state index >= 15 is 0 Å². The minimum atomic E-state index is -2.66. The van der Waals surface area contributed by atoms with Gasteiger partial charge in [0, 0.05) is 33.4 Å². The fraction of sp³-hybridized carbons (Fsp3) is 0.350. The van der Waals surface area contributed by atoms with Crippen LogP contribution in [-0.4, -0.2) is 25.5 Å². The first-order chi connectivity index (χ1) is 14.3. The van der Waals surface area contributed by atoms with Crippen LogP contribution >= 0.6 is 23.2 Å². The number of nitrogens with zero attached hydrogens (tertiary/aromatic N) is 4. The number of benzene rings is 1. The Morgan fingerprint density at radius 1 is 1.20 bits per heavy atom. The van der Waals surface area contributed by atoms with Crippen LogP contribution in [0.5, 0.6) is 0 Å². The predicted octanol–water partition coefficient (Wildman–Crippen LogP) is 5.20. The van der Waals surface area contributed by atoms with Gasteiger partial charge in [0.25, 0.3) is 6.43 Å². The standard InChI is InChI=1S/C20H19Cl2F2N5O/c1-11-6-18(27-28(11)9-13-4-5-14(21)7-15(13)22)25-19(30)10-29-17(12-2-3-12)8-16(26-29)20(23)24/h4-8,12,20H,2-3,9-10H2,1H3,(H,25,27,30). The van der Waals surface area contributed by atoms with Crippen LogP contribution < -0.4 is 5.32 Å². The fourth-order valence-corrected chi connectivity index (χ4v) is 3.72. The molecule has 1 fully saturated rings. The maximum atomic E-state index is 13.0. The quantitative estimate of drug-likeness (QED) is 0.534. The molecule has 0 bridgehead atoms. The SMILES string of the molecule is Cc1cc(NC(=O)Cn2nc(C(F)F)cc2C2CC2)nn1Cc1ccc(Cl)cc1Cl. The molecular formula is C20H19Cl2F2N5O. The van der Waals surface area contributed by atoms with Crippen molar-refractivity contribution in [3.05, 3.63) is 63.0 Å². The average Bonchev–Trinajstić information content (AvgIpc) is 3.34. The number of hydrogen-bond donors (Lipinski definition) is 1. The molecule has 1 amide bonds. The van der Waals surface area contributed by atoms with Gasteiger partial charge in [0.05, 0.1) is 6.54 Å². The molecule has 158 valence electrons. The Bertz CT molecular complexity index is 1090. The lowest BCUT2D eigenvalue weighted by Gasteiger charge is -2.08. The number of rotatable bonds is 7. The Kier molecular flexibility index (Phi) is 5.79. The van der Waals surface area contributed by atoms with Gasteiger partial charge in [-0.15, -0.1) is 0 Å². The smallest absolute Gasteiger partial charge is 0.282 e. The number of carbonyl (C=O) groups is 1. The number of aryl methyl sites for hydroxylation is 1. The summed E-state index contributed by atoms with van der Waals surface area (Å²) in [6, 6.07) is 8.36. The van der Waals surface area contributed by atoms with Gasteiger partial charge < -0.3 is 5.32 Å². The van der Waals surface area contributed by atoms with E-state index < -0.39 is 6.43 Å². The Hall–Kier alpha value is -2.45. The lowest BCUT2D eigenvalue weighted by Crippen LogP contribution is -2.21. The minimum absolute atomic E-state index is 0.145. The van der Waals surface area contributed by atoms with Gasteiger partial charge in [-0.05, 0) is 43.5 Å². The third-order valence-electron chi connectivity index (χ3n) is 4.93. The zero-order valence-electron chi connectivity index (χ0n) is 16.1. The Balaban J connectivity index is 1.45. The lowest BCUT2D eigenvalue weighted by atomic mass is 10.2. The van der Waals surface area contributed by atoms with E-state index in [9.17, 15) is 13.6 Å². The fourth-order valence-electron chi connectivity index (χ4n) is 3.25. The molecule has 0 aliphatic heterocycles. The Morgan fingerprint density at radius 2 is 1.97 bits per heavy atom. The first-order valence-electron chi connectivity index (χ1n) is 9.44. The van der Waals surface area contributed by atoms with Crippen LogP contribution in [0.15, 0.2) is 30.3 Å². The predicted molar refractivity (Wildman–Crippen MR) is 110 cm³/mol. The molecule has 1 aromatic carbocycles. The van der Waals surface area contributed by atoms with E-state index in [1.54, 1.807) is 22.9 Å². The minimum Gasteiger partial charge on any atom is -0.308 e. The molecule has 0 spiro atoms. The lowest BCUT2D eigenvalue weighted by molar-refractivity contribution is -0.117. The third-order valence-corrected chi connectivity index (χ3v) is 5.51. The summed E-state index contributed by atoms with van der Waals surface area (Å²) < 4.78 is 29.1. The number of carbonyl (C=O) groups excluding carboxylic acids is 1. The molecule has 4 rings (SSSR count). The van der Waals surface area contributed by atoms with Crippen molar-refractivity contribution in [1.82, 2.24) is 19.6 Å². The first-order valence-corrected chi connectivity index (χ1v) is 10.2. The van der Waals surface area contributed by atoms with Crippen molar-refractivity contribution in [2.75, 3.05) is 5.32 Å². The second kappa shape index (κ2) is 8.35. The van der Waals surface area contributed by atoms with Crippen molar-refractivity contribution in [3.63, 3.8) is 0 Å². The van der Waals surface area contributed by atoms with Crippen LogP contribution in [-0.2, 0) is 17.9 Å². The molecule has 10 heteroatoms. The molecule has 3 aromatic rings. The van der Waals surface area contributed by atoms with E-state index in [0.717, 1.165) is 24.1 Å². The topological polar surface area (TPSA) is 64.7 Å². The molecule has 1 aliphatic rings. The van der Waals surface area contributed by atoms with Gasteiger partial charge in [-0.25, -0.2) is 8.78 Å². The van der Waals surface area contributed by atoms with E-state index in [1.807, 2.05) is 13.0 Å². The van der Waals surface area contributed by atoms with Crippen molar-refractivity contribution in [1.29, 1.82) is 0 Å². The van der Waals surface area contributed by atoms with Crippen LogP contribution in [0.3, 0.4) is 0 Å². The van der Waals surface area contributed by atoms with Crippen LogP contribution in [0.4, 0.5) is 14.6 Å². The summed E-state index contributed by atoms with van der Waals surface area (Å²) in [6.45, 7) is 2.13. The molecule has 30 heavy (non-hydrogen) atoms. The molecule has 0 radical (unpaired) electrons. The van der Waals surface area contributed by atoms with Gasteiger partial charge in [-0.3, -0.25) is 14.2 Å². The number of amides is 1. The molecule has 6 nitrogen and oxygen atoms in total. The molecule has 0 atom stereocenters. The highest BCUT2D eigenvalue weighted by Crippen LogP contribution is 2.41. The average molecular weight is 454 g/mol. The largest absolute Gasteiger partial charge is 0.308 e. The number of aromatic nitrogens is 4. The molecule has 1 saturated carbocycles. The van der Waals surface area contributed by atoms with Gasteiger partial charge in [0.2, 0.25) is 5.91 Å². The van der Waals surface area contributed by atoms with Crippen LogP contribution in [0.25, 0.3) is 0 Å². The number of halogens is 4. The number of hydrogen-bond acceptors (Lipinski definition) is 3. The highest BCUT2D eigenvalue weighted by Gasteiger charge is 2.30. The van der Waals surface area contributed by atoms with Crippen molar-refractivity contribution in [2.45, 2.75) is 45.2 Å². The first kappa shape index (κ1) is 20.8. The molecule has 2 aromatic heterocycles.